The molecule has 0 atom stereocenters. The highest BCUT2D eigenvalue weighted by Gasteiger charge is 2.24. The van der Waals surface area contributed by atoms with E-state index in [0.717, 1.165) is 47.2 Å². The molecule has 1 N–H and O–H groups in total. The number of hydrogen-bond donors (Lipinski definition) is 1. The Balaban J connectivity index is 1.58. The Labute approximate surface area is 231 Å². The smallest absolute Gasteiger partial charge is 0.341 e. The van der Waals surface area contributed by atoms with Crippen LogP contribution in [0.5, 0.6) is 0 Å². The number of aryl methyl sites for hydroxylation is 1. The number of aromatic nitrogens is 8. The number of carbonyl (C=O) groups excluding carboxylic acids is 1. The van der Waals surface area contributed by atoms with Gasteiger partial charge in [0.05, 0.1) is 13.7 Å². The second kappa shape index (κ2) is 11.5. The highest BCUT2D eigenvalue weighted by molar-refractivity contribution is 5.93. The van der Waals surface area contributed by atoms with Crippen LogP contribution in [0.3, 0.4) is 0 Å². The van der Waals surface area contributed by atoms with Crippen LogP contribution in [0.25, 0.3) is 28.3 Å². The van der Waals surface area contributed by atoms with E-state index in [4.69, 9.17) is 4.74 Å². The Morgan fingerprint density at radius 3 is 2.55 bits per heavy atom. The van der Waals surface area contributed by atoms with E-state index in [2.05, 4.69) is 32.5 Å². The molecular formula is C29H32N8O3. The molecule has 4 aromatic heterocycles. The molecule has 0 saturated heterocycles. The normalized spacial score (nSPS) is 11.3. The fraction of sp³-hybridized carbons (Fsp3) is 0.310. The first-order valence-electron chi connectivity index (χ1n) is 13.3. The number of tetrazole rings is 1. The van der Waals surface area contributed by atoms with E-state index >= 15 is 0 Å². The number of unbranched alkanes of at least 4 members (excludes halogenated alkanes) is 1. The van der Waals surface area contributed by atoms with E-state index in [1.807, 2.05) is 61.1 Å². The van der Waals surface area contributed by atoms with Crippen LogP contribution in [0.1, 0.15) is 61.3 Å². The summed E-state index contributed by atoms with van der Waals surface area (Å²) in [5.41, 5.74) is 4.75. The summed E-state index contributed by atoms with van der Waals surface area (Å²) in [7, 11) is 1.35. The fourth-order valence-electron chi connectivity index (χ4n) is 4.88. The number of ether oxygens (including phenoxy) is 1. The van der Waals surface area contributed by atoms with E-state index < -0.39 is 5.97 Å². The first-order valence-corrected chi connectivity index (χ1v) is 13.3. The predicted octanol–water partition coefficient (Wildman–Crippen LogP) is 4.44. The topological polar surface area (TPSA) is 126 Å². The van der Waals surface area contributed by atoms with Gasteiger partial charge in [0, 0.05) is 42.1 Å². The summed E-state index contributed by atoms with van der Waals surface area (Å²) in [4.78, 5) is 31.0. The quantitative estimate of drug-likeness (QED) is 0.260. The predicted molar refractivity (Wildman–Crippen MR) is 150 cm³/mol. The molecule has 0 bridgehead atoms. The SMILES string of the molecule is CCCCc1cn(-c2c(C(=O)OC)ccn2C(C)C)c(=O)n1Cc1cnccc1-c1ccc(-c2nnn[nH]2)cc1. The molecule has 206 valence electrons. The highest BCUT2D eigenvalue weighted by Crippen LogP contribution is 2.27. The number of pyridine rings is 1. The Morgan fingerprint density at radius 1 is 1.10 bits per heavy atom. The molecule has 5 rings (SSSR count). The number of esters is 1. The molecule has 0 aliphatic heterocycles. The van der Waals surface area contributed by atoms with Crippen molar-refractivity contribution in [2.24, 2.45) is 0 Å². The highest BCUT2D eigenvalue weighted by atomic mass is 16.5. The van der Waals surface area contributed by atoms with Gasteiger partial charge in [-0.2, -0.15) is 0 Å². The molecule has 0 amide bonds. The van der Waals surface area contributed by atoms with Crippen molar-refractivity contribution < 1.29 is 9.53 Å². The van der Waals surface area contributed by atoms with Crippen molar-refractivity contribution in [3.05, 3.63) is 88.5 Å². The Bertz CT molecular complexity index is 1660. The third-order valence-electron chi connectivity index (χ3n) is 6.97. The maximum Gasteiger partial charge on any atom is 0.341 e. The molecule has 4 heterocycles. The Kier molecular flexibility index (Phi) is 7.72. The fourth-order valence-corrected chi connectivity index (χ4v) is 4.88. The van der Waals surface area contributed by atoms with Crippen LogP contribution in [-0.4, -0.2) is 52.4 Å². The van der Waals surface area contributed by atoms with Crippen LogP contribution >= 0.6 is 0 Å². The van der Waals surface area contributed by atoms with Crippen LogP contribution in [0.15, 0.2) is 66.0 Å². The van der Waals surface area contributed by atoms with Gasteiger partial charge in [-0.25, -0.2) is 14.7 Å². The maximum atomic E-state index is 14.0. The molecule has 1 aromatic carbocycles. The molecule has 11 nitrogen and oxygen atoms in total. The third kappa shape index (κ3) is 5.09. The number of H-pyrrole nitrogens is 1. The molecule has 40 heavy (non-hydrogen) atoms. The lowest BCUT2D eigenvalue weighted by Gasteiger charge is -2.14. The minimum absolute atomic E-state index is 0.0309. The molecule has 0 saturated carbocycles. The second-order valence-corrected chi connectivity index (χ2v) is 9.87. The van der Waals surface area contributed by atoms with Gasteiger partial charge in [-0.15, -0.1) is 5.10 Å². The summed E-state index contributed by atoms with van der Waals surface area (Å²) >= 11 is 0. The average Bonchev–Trinajstić information content (AvgIpc) is 3.72. The van der Waals surface area contributed by atoms with Crippen LogP contribution in [0, 0.1) is 0 Å². The third-order valence-corrected chi connectivity index (χ3v) is 6.97. The summed E-state index contributed by atoms with van der Waals surface area (Å²) in [5.74, 6) is 0.614. The van der Waals surface area contributed by atoms with Crippen LogP contribution in [0.4, 0.5) is 0 Å². The lowest BCUT2D eigenvalue weighted by molar-refractivity contribution is 0.0600. The van der Waals surface area contributed by atoms with Crippen LogP contribution < -0.4 is 5.69 Å². The van der Waals surface area contributed by atoms with Crippen molar-refractivity contribution in [1.82, 2.24) is 39.3 Å². The van der Waals surface area contributed by atoms with Gasteiger partial charge < -0.3 is 9.30 Å². The minimum atomic E-state index is -0.483. The van der Waals surface area contributed by atoms with Gasteiger partial charge in [0.1, 0.15) is 11.4 Å². The molecule has 0 fully saturated rings. The lowest BCUT2D eigenvalue weighted by atomic mass is 10.00. The zero-order valence-corrected chi connectivity index (χ0v) is 23.0. The van der Waals surface area contributed by atoms with Crippen LogP contribution in [0.2, 0.25) is 0 Å². The van der Waals surface area contributed by atoms with Gasteiger partial charge in [0.25, 0.3) is 0 Å². The van der Waals surface area contributed by atoms with E-state index in [9.17, 15) is 9.59 Å². The number of aromatic amines is 1. The van der Waals surface area contributed by atoms with E-state index in [1.54, 1.807) is 27.6 Å². The number of imidazole rings is 1. The standard InChI is InChI=1S/C29H32N8O3/c1-5-6-7-23-18-37(27-25(28(38)40-4)13-15-35(27)19(2)3)29(39)36(23)17-22-16-30-14-12-24(22)20-8-10-21(11-9-20)26-31-33-34-32-26/h8-16,18-19H,5-7,17H2,1-4H3,(H,31,32,33,34). The molecule has 11 heteroatoms. The Morgan fingerprint density at radius 2 is 1.88 bits per heavy atom. The molecule has 5 aromatic rings. The first-order chi connectivity index (χ1) is 19.4. The summed E-state index contributed by atoms with van der Waals surface area (Å²) in [5, 5.41) is 14.0. The summed E-state index contributed by atoms with van der Waals surface area (Å²) < 4.78 is 10.3. The van der Waals surface area contributed by atoms with Gasteiger partial charge in [-0.05, 0) is 65.9 Å². The van der Waals surface area contributed by atoms with Gasteiger partial charge in [-0.3, -0.25) is 14.1 Å². The van der Waals surface area contributed by atoms with E-state index in [1.165, 1.54) is 7.11 Å². The lowest BCUT2D eigenvalue weighted by Crippen LogP contribution is -2.27. The Hall–Kier alpha value is -4.80. The summed E-state index contributed by atoms with van der Waals surface area (Å²) in [6.07, 6.45) is 9.86. The van der Waals surface area contributed by atoms with Gasteiger partial charge >= 0.3 is 11.7 Å². The molecule has 0 aliphatic rings. The number of nitrogens with one attached hydrogen (secondary N) is 1. The zero-order valence-electron chi connectivity index (χ0n) is 23.0. The zero-order chi connectivity index (χ0) is 28.2. The number of benzene rings is 1. The van der Waals surface area contributed by atoms with Crippen molar-refractivity contribution in [1.29, 1.82) is 0 Å². The summed E-state index contributed by atoms with van der Waals surface area (Å²) in [6.45, 7) is 6.47. The summed E-state index contributed by atoms with van der Waals surface area (Å²) in [6, 6.07) is 11.6. The molecule has 0 radical (unpaired) electrons. The monoisotopic (exact) mass is 540 g/mol. The first kappa shape index (κ1) is 26.8. The molecular weight excluding hydrogens is 508 g/mol. The minimum Gasteiger partial charge on any atom is -0.465 e. The van der Waals surface area contributed by atoms with Gasteiger partial charge in [0.2, 0.25) is 0 Å². The van der Waals surface area contributed by atoms with E-state index in [0.29, 0.717) is 23.8 Å². The number of nitrogens with zero attached hydrogens (tertiary/aromatic N) is 7. The van der Waals surface area contributed by atoms with Gasteiger partial charge in [0.15, 0.2) is 5.82 Å². The van der Waals surface area contributed by atoms with Crippen molar-refractivity contribution >= 4 is 5.97 Å². The molecule has 0 spiro atoms. The molecule has 0 aliphatic carbocycles. The van der Waals surface area contributed by atoms with Crippen molar-refractivity contribution in [3.8, 4) is 28.3 Å². The van der Waals surface area contributed by atoms with Gasteiger partial charge in [-0.1, -0.05) is 37.6 Å². The van der Waals surface area contributed by atoms with Crippen molar-refractivity contribution in [2.45, 2.75) is 52.6 Å². The number of methoxy groups -OCH3 is 1. The van der Waals surface area contributed by atoms with E-state index in [-0.39, 0.29) is 11.7 Å². The van der Waals surface area contributed by atoms with Crippen molar-refractivity contribution in [3.63, 3.8) is 0 Å². The number of hydrogen-bond acceptors (Lipinski definition) is 7. The maximum absolute atomic E-state index is 14.0. The largest absolute Gasteiger partial charge is 0.465 e. The molecule has 0 unspecified atom stereocenters. The average molecular weight is 541 g/mol. The second-order valence-electron chi connectivity index (χ2n) is 9.87. The number of carbonyl (C=O) groups is 1. The number of rotatable bonds is 10. The van der Waals surface area contributed by atoms with Crippen LogP contribution in [-0.2, 0) is 17.7 Å². The van der Waals surface area contributed by atoms with Crippen molar-refractivity contribution in [2.75, 3.05) is 7.11 Å².